The summed E-state index contributed by atoms with van der Waals surface area (Å²) >= 11 is 0. The van der Waals surface area contributed by atoms with Crippen molar-refractivity contribution in [1.29, 1.82) is 0 Å². The maximum absolute atomic E-state index is 12.9. The van der Waals surface area contributed by atoms with Crippen molar-refractivity contribution < 1.29 is 19.1 Å². The fourth-order valence-corrected chi connectivity index (χ4v) is 3.00. The lowest BCUT2D eigenvalue weighted by Crippen LogP contribution is -2.52. The van der Waals surface area contributed by atoms with E-state index in [0.29, 0.717) is 30.8 Å². The molecular formula is C15H17N3O4. The van der Waals surface area contributed by atoms with Crippen LogP contribution in [0.4, 0.5) is 10.5 Å². The lowest BCUT2D eigenvalue weighted by Gasteiger charge is -2.21. The molecule has 7 nitrogen and oxygen atoms in total. The maximum atomic E-state index is 12.9. The second-order valence-electron chi connectivity index (χ2n) is 5.48. The summed E-state index contributed by atoms with van der Waals surface area (Å²) in [4.78, 5) is 38.3. The van der Waals surface area contributed by atoms with Gasteiger partial charge in [-0.25, -0.2) is 4.79 Å². The van der Waals surface area contributed by atoms with E-state index in [1.54, 1.807) is 18.1 Å². The molecule has 1 spiro atoms. The third-order valence-corrected chi connectivity index (χ3v) is 4.01. The first-order valence-corrected chi connectivity index (χ1v) is 7.06. The molecule has 1 aromatic rings. The summed E-state index contributed by atoms with van der Waals surface area (Å²) in [6.45, 7) is 2.81. The summed E-state index contributed by atoms with van der Waals surface area (Å²) in [6, 6.07) is 4.81. The van der Waals surface area contributed by atoms with Crippen LogP contribution in [0.1, 0.15) is 17.5 Å². The third-order valence-electron chi connectivity index (χ3n) is 4.01. The number of carbonyl (C=O) groups excluding carboxylic acids is 3. The summed E-state index contributed by atoms with van der Waals surface area (Å²) in [5.41, 5.74) is 0.465. The van der Waals surface area contributed by atoms with E-state index in [-0.39, 0.29) is 0 Å². The van der Waals surface area contributed by atoms with Gasteiger partial charge in [-0.1, -0.05) is 17.7 Å². The van der Waals surface area contributed by atoms with E-state index < -0.39 is 23.4 Å². The van der Waals surface area contributed by atoms with Crippen LogP contribution in [0.25, 0.3) is 0 Å². The number of ether oxygens (including phenoxy) is 1. The van der Waals surface area contributed by atoms with Crippen molar-refractivity contribution in [2.45, 2.75) is 18.9 Å². The molecule has 7 heteroatoms. The molecule has 2 aliphatic heterocycles. The normalized spacial score (nSPS) is 23.0. The number of methoxy groups -OCH3 is 1. The Balaban J connectivity index is 2.07. The van der Waals surface area contributed by atoms with Gasteiger partial charge in [0.2, 0.25) is 5.54 Å². The molecule has 22 heavy (non-hydrogen) atoms. The number of hydrogen-bond acceptors (Lipinski definition) is 4. The SMILES string of the molecule is COCCCN1C(=O)C2(NC(=O)NC2=O)c2cc(C)ccc21. The Labute approximate surface area is 127 Å². The Kier molecular flexibility index (Phi) is 3.37. The zero-order chi connectivity index (χ0) is 15.9. The molecule has 0 saturated carbocycles. The van der Waals surface area contributed by atoms with Gasteiger partial charge in [0.25, 0.3) is 11.8 Å². The number of fused-ring (bicyclic) bond motifs is 2. The fraction of sp³-hybridized carbons (Fsp3) is 0.400. The molecule has 1 unspecified atom stereocenters. The van der Waals surface area contributed by atoms with E-state index >= 15 is 0 Å². The first-order valence-electron chi connectivity index (χ1n) is 7.06. The molecule has 2 aliphatic rings. The topological polar surface area (TPSA) is 87.7 Å². The summed E-state index contributed by atoms with van der Waals surface area (Å²) in [5, 5.41) is 4.68. The number of rotatable bonds is 4. The molecule has 1 atom stereocenters. The van der Waals surface area contributed by atoms with E-state index in [1.807, 2.05) is 19.1 Å². The van der Waals surface area contributed by atoms with Crippen LogP contribution >= 0.6 is 0 Å². The molecule has 2 N–H and O–H groups in total. The van der Waals surface area contributed by atoms with Gasteiger partial charge in [0.1, 0.15) is 0 Å². The van der Waals surface area contributed by atoms with Crippen LogP contribution in [0.5, 0.6) is 0 Å². The highest BCUT2D eigenvalue weighted by atomic mass is 16.5. The van der Waals surface area contributed by atoms with Gasteiger partial charge >= 0.3 is 6.03 Å². The molecule has 0 aromatic heterocycles. The second kappa shape index (κ2) is 5.10. The minimum absolute atomic E-state index is 0.424. The minimum atomic E-state index is -1.63. The van der Waals surface area contributed by atoms with Crippen molar-refractivity contribution in [3.05, 3.63) is 29.3 Å². The molecule has 0 aliphatic carbocycles. The van der Waals surface area contributed by atoms with Gasteiger partial charge in [-0.3, -0.25) is 14.9 Å². The maximum Gasteiger partial charge on any atom is 0.323 e. The standard InChI is InChI=1S/C15H17N3O4/c1-9-4-5-11-10(8-9)15(12(19)16-14(21)17-15)13(20)18(11)6-3-7-22-2/h4-5,8H,3,6-7H2,1-2H3,(H2,16,17,19,21). The van der Waals surface area contributed by atoms with Crippen molar-refractivity contribution in [2.75, 3.05) is 25.2 Å². The van der Waals surface area contributed by atoms with E-state index in [4.69, 9.17) is 4.74 Å². The Hall–Kier alpha value is -2.41. The van der Waals surface area contributed by atoms with Crippen LogP contribution in [0.3, 0.4) is 0 Å². The van der Waals surface area contributed by atoms with Crippen LogP contribution < -0.4 is 15.5 Å². The minimum Gasteiger partial charge on any atom is -0.385 e. The third kappa shape index (κ3) is 1.89. The number of benzene rings is 1. The zero-order valence-corrected chi connectivity index (χ0v) is 12.4. The quantitative estimate of drug-likeness (QED) is 0.479. The largest absolute Gasteiger partial charge is 0.385 e. The molecule has 1 saturated heterocycles. The lowest BCUT2D eigenvalue weighted by molar-refractivity contribution is -0.133. The number of nitrogens with zero attached hydrogens (tertiary/aromatic N) is 1. The van der Waals surface area contributed by atoms with E-state index in [1.165, 1.54) is 0 Å². The molecule has 4 amide bonds. The average Bonchev–Trinajstić information content (AvgIpc) is 2.89. The average molecular weight is 303 g/mol. The summed E-state index contributed by atoms with van der Waals surface area (Å²) < 4.78 is 5.01. The number of carbonyl (C=O) groups is 3. The molecule has 0 radical (unpaired) electrons. The lowest BCUT2D eigenvalue weighted by atomic mass is 9.90. The number of aryl methyl sites for hydroxylation is 1. The smallest absolute Gasteiger partial charge is 0.323 e. The van der Waals surface area contributed by atoms with Gasteiger partial charge in [0, 0.05) is 25.8 Å². The number of urea groups is 1. The number of amides is 4. The molecule has 1 aromatic carbocycles. The Morgan fingerprint density at radius 3 is 2.68 bits per heavy atom. The van der Waals surface area contributed by atoms with Crippen LogP contribution in [-0.2, 0) is 19.9 Å². The van der Waals surface area contributed by atoms with Gasteiger partial charge in [-0.15, -0.1) is 0 Å². The van der Waals surface area contributed by atoms with Crippen LogP contribution in [0.15, 0.2) is 18.2 Å². The zero-order valence-electron chi connectivity index (χ0n) is 12.4. The predicted octanol–water partition coefficient (Wildman–Crippen LogP) is 0.413. The van der Waals surface area contributed by atoms with Gasteiger partial charge < -0.3 is 15.0 Å². The molecule has 1 fully saturated rings. The van der Waals surface area contributed by atoms with E-state index in [0.717, 1.165) is 5.56 Å². The van der Waals surface area contributed by atoms with Crippen LogP contribution in [0.2, 0.25) is 0 Å². The van der Waals surface area contributed by atoms with E-state index in [9.17, 15) is 14.4 Å². The Bertz CT molecular complexity index is 673. The summed E-state index contributed by atoms with van der Waals surface area (Å²) in [5.74, 6) is -1.05. The summed E-state index contributed by atoms with van der Waals surface area (Å²) in [7, 11) is 1.59. The number of nitrogens with one attached hydrogen (secondary N) is 2. The monoisotopic (exact) mass is 303 g/mol. The van der Waals surface area contributed by atoms with Crippen molar-refractivity contribution in [3.8, 4) is 0 Å². The number of hydrogen-bond donors (Lipinski definition) is 2. The Morgan fingerprint density at radius 2 is 2.05 bits per heavy atom. The van der Waals surface area contributed by atoms with Gasteiger partial charge in [0.05, 0.1) is 5.69 Å². The molecule has 116 valence electrons. The molecular weight excluding hydrogens is 286 g/mol. The van der Waals surface area contributed by atoms with Crippen molar-refractivity contribution in [3.63, 3.8) is 0 Å². The fourth-order valence-electron chi connectivity index (χ4n) is 3.00. The van der Waals surface area contributed by atoms with E-state index in [2.05, 4.69) is 10.6 Å². The van der Waals surface area contributed by atoms with Crippen molar-refractivity contribution in [1.82, 2.24) is 10.6 Å². The van der Waals surface area contributed by atoms with Gasteiger partial charge in [-0.2, -0.15) is 0 Å². The van der Waals surface area contributed by atoms with Gasteiger partial charge in [0.15, 0.2) is 0 Å². The van der Waals surface area contributed by atoms with Crippen molar-refractivity contribution in [2.24, 2.45) is 0 Å². The van der Waals surface area contributed by atoms with Gasteiger partial charge in [-0.05, 0) is 19.4 Å². The Morgan fingerprint density at radius 1 is 1.27 bits per heavy atom. The highest BCUT2D eigenvalue weighted by Crippen LogP contribution is 2.42. The highest BCUT2D eigenvalue weighted by Gasteiger charge is 2.61. The number of imide groups is 1. The molecule has 2 heterocycles. The number of anilines is 1. The molecule has 0 bridgehead atoms. The summed E-state index contributed by atoms with van der Waals surface area (Å²) in [6.07, 6.45) is 0.640. The van der Waals surface area contributed by atoms with Crippen molar-refractivity contribution >= 4 is 23.5 Å². The highest BCUT2D eigenvalue weighted by molar-refractivity contribution is 6.27. The first kappa shape index (κ1) is 14.5. The van der Waals surface area contributed by atoms with Crippen LogP contribution in [-0.4, -0.2) is 38.1 Å². The predicted molar refractivity (Wildman–Crippen MR) is 78.4 cm³/mol. The second-order valence-corrected chi connectivity index (χ2v) is 5.48. The molecule has 3 rings (SSSR count). The first-order chi connectivity index (χ1) is 10.5. The van der Waals surface area contributed by atoms with Crippen LogP contribution in [0, 0.1) is 6.92 Å².